The predicted molar refractivity (Wildman–Crippen MR) is 132 cm³/mol. The Bertz CT molecular complexity index is 1120. The molecule has 0 aliphatic carbocycles. The molecule has 0 radical (unpaired) electrons. The van der Waals surface area contributed by atoms with Crippen LogP contribution in [0.4, 0.5) is 0 Å². The molecule has 0 unspecified atom stereocenters. The highest BCUT2D eigenvalue weighted by Crippen LogP contribution is 2.27. The topological polar surface area (TPSA) is 100 Å². The molecule has 0 saturated heterocycles. The first-order valence-electron chi connectivity index (χ1n) is 11.0. The van der Waals surface area contributed by atoms with Crippen molar-refractivity contribution < 1.29 is 13.5 Å². The van der Waals surface area contributed by atoms with E-state index in [9.17, 15) is 8.42 Å². The molecule has 0 amide bonds. The summed E-state index contributed by atoms with van der Waals surface area (Å²) in [6.45, 7) is 6.46. The smallest absolute Gasteiger partial charge is 0.243 e. The summed E-state index contributed by atoms with van der Waals surface area (Å²) in [5.74, 6) is 1.39. The third-order valence-electron chi connectivity index (χ3n) is 5.13. The standard InChI is InChI=1S/C23H31N5O3S2/c1-3-27(4-2)33(30,31)21-12-8-11-20(17-21)22-25-26-23(32-16-14-24-13-15-29)28(22)18-19-9-6-5-7-10-19/h5-12,17,24,29H,3-4,13-16,18H2,1-2H3. The van der Waals surface area contributed by atoms with Gasteiger partial charge in [0, 0.05) is 37.5 Å². The Morgan fingerprint density at radius 3 is 2.48 bits per heavy atom. The minimum atomic E-state index is -3.58. The Morgan fingerprint density at radius 1 is 1.03 bits per heavy atom. The van der Waals surface area contributed by atoms with E-state index in [0.717, 1.165) is 23.0 Å². The molecular weight excluding hydrogens is 458 g/mol. The molecule has 0 spiro atoms. The third kappa shape index (κ3) is 6.42. The number of hydrogen-bond donors (Lipinski definition) is 2. The molecule has 0 saturated carbocycles. The molecule has 1 aromatic heterocycles. The summed E-state index contributed by atoms with van der Waals surface area (Å²) < 4.78 is 29.6. The number of sulfonamides is 1. The van der Waals surface area contributed by atoms with Gasteiger partial charge in [-0.1, -0.05) is 68.1 Å². The number of rotatable bonds is 13. The van der Waals surface area contributed by atoms with E-state index >= 15 is 0 Å². The molecule has 3 rings (SSSR count). The minimum absolute atomic E-state index is 0.103. The molecule has 2 aromatic carbocycles. The van der Waals surface area contributed by atoms with Gasteiger partial charge in [0.25, 0.3) is 0 Å². The lowest BCUT2D eigenvalue weighted by Crippen LogP contribution is -2.30. The lowest BCUT2D eigenvalue weighted by atomic mass is 10.2. The van der Waals surface area contributed by atoms with Crippen molar-refractivity contribution in [1.29, 1.82) is 0 Å². The van der Waals surface area contributed by atoms with Crippen molar-refractivity contribution in [2.24, 2.45) is 0 Å². The number of aliphatic hydroxyl groups is 1. The van der Waals surface area contributed by atoms with E-state index < -0.39 is 10.0 Å². The van der Waals surface area contributed by atoms with Crippen LogP contribution in [0.15, 0.2) is 64.6 Å². The van der Waals surface area contributed by atoms with Crippen molar-refractivity contribution >= 4 is 21.8 Å². The van der Waals surface area contributed by atoms with Gasteiger partial charge in [0.2, 0.25) is 10.0 Å². The van der Waals surface area contributed by atoms with Crippen LogP contribution < -0.4 is 5.32 Å². The number of thioether (sulfide) groups is 1. The van der Waals surface area contributed by atoms with E-state index in [1.165, 1.54) is 4.31 Å². The van der Waals surface area contributed by atoms with Gasteiger partial charge in [-0.05, 0) is 17.7 Å². The zero-order valence-corrected chi connectivity index (χ0v) is 20.6. The number of nitrogens with one attached hydrogen (secondary N) is 1. The molecule has 1 heterocycles. The summed E-state index contributed by atoms with van der Waals surface area (Å²) in [7, 11) is -3.58. The van der Waals surface area contributed by atoms with Gasteiger partial charge in [-0.15, -0.1) is 10.2 Å². The highest BCUT2D eigenvalue weighted by molar-refractivity contribution is 7.99. The molecule has 10 heteroatoms. The first-order valence-corrected chi connectivity index (χ1v) is 13.5. The lowest BCUT2D eigenvalue weighted by Gasteiger charge is -2.19. The van der Waals surface area contributed by atoms with E-state index in [4.69, 9.17) is 5.11 Å². The van der Waals surface area contributed by atoms with Crippen molar-refractivity contribution in [2.75, 3.05) is 38.5 Å². The first-order chi connectivity index (χ1) is 16.0. The van der Waals surface area contributed by atoms with Gasteiger partial charge < -0.3 is 10.4 Å². The Hall–Kier alpha value is -2.24. The molecule has 0 bridgehead atoms. The van der Waals surface area contributed by atoms with Crippen LogP contribution in [0.25, 0.3) is 11.4 Å². The summed E-state index contributed by atoms with van der Waals surface area (Å²) in [6.07, 6.45) is 0. The van der Waals surface area contributed by atoms with Crippen LogP contribution in [0.2, 0.25) is 0 Å². The van der Waals surface area contributed by atoms with Gasteiger partial charge in [-0.25, -0.2) is 8.42 Å². The Kier molecular flexibility index (Phi) is 9.45. The maximum absolute atomic E-state index is 13.0. The van der Waals surface area contributed by atoms with Crippen molar-refractivity contribution in [2.45, 2.75) is 30.4 Å². The second-order valence-corrected chi connectivity index (χ2v) is 10.3. The minimum Gasteiger partial charge on any atom is -0.395 e. The summed E-state index contributed by atoms with van der Waals surface area (Å²) in [5.41, 5.74) is 1.81. The van der Waals surface area contributed by atoms with Crippen molar-refractivity contribution in [3.8, 4) is 11.4 Å². The molecule has 3 aromatic rings. The molecule has 2 N–H and O–H groups in total. The number of aromatic nitrogens is 3. The van der Waals surface area contributed by atoms with Crippen LogP contribution in [0.5, 0.6) is 0 Å². The van der Waals surface area contributed by atoms with Crippen LogP contribution in [0.1, 0.15) is 19.4 Å². The third-order valence-corrected chi connectivity index (χ3v) is 8.15. The van der Waals surface area contributed by atoms with Crippen LogP contribution in [-0.4, -0.2) is 71.1 Å². The van der Waals surface area contributed by atoms with Crippen molar-refractivity contribution in [1.82, 2.24) is 24.4 Å². The van der Waals surface area contributed by atoms with E-state index in [1.54, 1.807) is 30.0 Å². The van der Waals surface area contributed by atoms with E-state index in [-0.39, 0.29) is 11.5 Å². The van der Waals surface area contributed by atoms with E-state index in [1.807, 2.05) is 54.8 Å². The van der Waals surface area contributed by atoms with Crippen LogP contribution in [0, 0.1) is 0 Å². The van der Waals surface area contributed by atoms with Crippen molar-refractivity contribution in [3.63, 3.8) is 0 Å². The maximum Gasteiger partial charge on any atom is 0.243 e. The molecule has 0 aliphatic heterocycles. The second-order valence-electron chi connectivity index (χ2n) is 7.32. The number of hydrogen-bond acceptors (Lipinski definition) is 7. The van der Waals surface area contributed by atoms with E-state index in [2.05, 4.69) is 15.5 Å². The largest absolute Gasteiger partial charge is 0.395 e. The highest BCUT2D eigenvalue weighted by atomic mass is 32.2. The molecule has 8 nitrogen and oxygen atoms in total. The van der Waals surface area contributed by atoms with Gasteiger partial charge in [-0.2, -0.15) is 4.31 Å². The Balaban J connectivity index is 1.95. The summed E-state index contributed by atoms with van der Waals surface area (Å²) >= 11 is 1.57. The van der Waals surface area contributed by atoms with Gasteiger partial charge in [0.1, 0.15) is 0 Å². The fourth-order valence-corrected chi connectivity index (χ4v) is 5.78. The predicted octanol–water partition coefficient (Wildman–Crippen LogP) is 2.70. The second kappa shape index (κ2) is 12.3. The number of nitrogens with zero attached hydrogens (tertiary/aromatic N) is 4. The Morgan fingerprint density at radius 2 is 1.79 bits per heavy atom. The van der Waals surface area contributed by atoms with Gasteiger partial charge in [-0.3, -0.25) is 4.57 Å². The molecule has 0 fully saturated rings. The van der Waals surface area contributed by atoms with Gasteiger partial charge in [0.05, 0.1) is 18.0 Å². The van der Waals surface area contributed by atoms with Crippen LogP contribution >= 0.6 is 11.8 Å². The van der Waals surface area contributed by atoms with E-state index in [0.29, 0.717) is 37.6 Å². The van der Waals surface area contributed by atoms with Crippen molar-refractivity contribution in [3.05, 3.63) is 60.2 Å². The normalized spacial score (nSPS) is 11.9. The molecule has 0 atom stereocenters. The fraction of sp³-hybridized carbons (Fsp3) is 0.391. The Labute approximate surface area is 200 Å². The van der Waals surface area contributed by atoms with Crippen LogP contribution in [0.3, 0.4) is 0 Å². The average Bonchev–Trinajstić information content (AvgIpc) is 3.22. The van der Waals surface area contributed by atoms with Gasteiger partial charge >= 0.3 is 0 Å². The SMILES string of the molecule is CCN(CC)S(=O)(=O)c1cccc(-c2nnc(SCCNCCO)n2Cc2ccccc2)c1. The van der Waals surface area contributed by atoms with Gasteiger partial charge in [0.15, 0.2) is 11.0 Å². The first kappa shape index (κ1) is 25.4. The number of benzene rings is 2. The lowest BCUT2D eigenvalue weighted by molar-refractivity contribution is 0.294. The quantitative estimate of drug-likeness (QED) is 0.281. The molecule has 178 valence electrons. The molecule has 33 heavy (non-hydrogen) atoms. The average molecular weight is 490 g/mol. The zero-order valence-electron chi connectivity index (χ0n) is 19.0. The summed E-state index contributed by atoms with van der Waals surface area (Å²) in [5, 5.41) is 21.7. The van der Waals surface area contributed by atoms with Crippen LogP contribution in [-0.2, 0) is 16.6 Å². The fourth-order valence-electron chi connectivity index (χ4n) is 3.44. The molecular formula is C23H31N5O3S2. The summed E-state index contributed by atoms with van der Waals surface area (Å²) in [4.78, 5) is 0.250. The monoisotopic (exact) mass is 489 g/mol. The maximum atomic E-state index is 13.0. The summed E-state index contributed by atoms with van der Waals surface area (Å²) in [6, 6.07) is 17.0. The molecule has 0 aliphatic rings. The highest BCUT2D eigenvalue weighted by Gasteiger charge is 2.23. The number of aliphatic hydroxyl groups excluding tert-OH is 1. The zero-order chi connectivity index (χ0) is 23.7.